The number of aromatic hydroxyl groups is 1. The second-order valence-electron chi connectivity index (χ2n) is 4.60. The van der Waals surface area contributed by atoms with Crippen molar-refractivity contribution in [1.29, 1.82) is 0 Å². The van der Waals surface area contributed by atoms with Crippen molar-refractivity contribution in [3.8, 4) is 5.75 Å². The van der Waals surface area contributed by atoms with Gasteiger partial charge in [-0.05, 0) is 29.8 Å². The van der Waals surface area contributed by atoms with Crippen molar-refractivity contribution in [2.24, 2.45) is 5.73 Å². The van der Waals surface area contributed by atoms with Crippen LogP contribution in [0.1, 0.15) is 11.1 Å². The van der Waals surface area contributed by atoms with Crippen LogP contribution in [-0.2, 0) is 15.9 Å². The molecule has 0 aromatic heterocycles. The highest BCUT2D eigenvalue weighted by Crippen LogP contribution is 2.30. The topological polar surface area (TPSA) is 64.7 Å². The number of hydrogen-bond donors (Lipinski definition) is 2. The minimum Gasteiger partial charge on any atom is -0.508 e. The molecule has 3 N–H and O–H groups in total. The minimum atomic E-state index is -0.416. The first kappa shape index (κ1) is 12.4. The Hall–Kier alpha value is -2.62. The Balaban J connectivity index is 1.72. The van der Waals surface area contributed by atoms with Crippen LogP contribution in [-0.4, -0.2) is 11.4 Å². The summed E-state index contributed by atoms with van der Waals surface area (Å²) >= 11 is 0. The summed E-state index contributed by atoms with van der Waals surface area (Å²) in [6, 6.07) is 16.6. The van der Waals surface area contributed by atoms with Gasteiger partial charge in [-0.1, -0.05) is 30.3 Å². The van der Waals surface area contributed by atoms with Crippen LogP contribution < -0.4 is 5.73 Å². The van der Waals surface area contributed by atoms with Gasteiger partial charge in [0, 0.05) is 12.0 Å². The summed E-state index contributed by atoms with van der Waals surface area (Å²) in [6.07, 6.45) is 0.213. The maximum atomic E-state index is 9.29. The quantitative estimate of drug-likeness (QED) is 0.899. The van der Waals surface area contributed by atoms with E-state index in [0.717, 1.165) is 11.1 Å². The largest absolute Gasteiger partial charge is 0.508 e. The van der Waals surface area contributed by atoms with Gasteiger partial charge >= 0.3 is 0 Å². The summed E-state index contributed by atoms with van der Waals surface area (Å²) < 4.78 is 11.3. The first-order chi connectivity index (χ1) is 9.72. The highest BCUT2D eigenvalue weighted by molar-refractivity contribution is 5.63. The van der Waals surface area contributed by atoms with E-state index < -0.39 is 6.29 Å². The molecule has 20 heavy (non-hydrogen) atoms. The summed E-state index contributed by atoms with van der Waals surface area (Å²) in [5.74, 6) is 0.996. The second-order valence-corrected chi connectivity index (χ2v) is 4.60. The van der Waals surface area contributed by atoms with Gasteiger partial charge in [-0.3, -0.25) is 0 Å². The molecule has 1 atom stereocenters. The molecule has 0 aliphatic carbocycles. The molecule has 4 nitrogen and oxygen atoms in total. The van der Waals surface area contributed by atoms with Crippen molar-refractivity contribution in [3.63, 3.8) is 0 Å². The molecule has 102 valence electrons. The predicted molar refractivity (Wildman–Crippen MR) is 75.3 cm³/mol. The summed E-state index contributed by atoms with van der Waals surface area (Å²) in [6.45, 7) is 0. The number of phenolic OH excluding ortho intramolecular Hbond substituents is 1. The van der Waals surface area contributed by atoms with Gasteiger partial charge < -0.3 is 20.3 Å². The van der Waals surface area contributed by atoms with Crippen LogP contribution in [0.15, 0.2) is 60.5 Å². The van der Waals surface area contributed by atoms with Crippen LogP contribution in [0.3, 0.4) is 0 Å². The molecule has 0 saturated heterocycles. The lowest BCUT2D eigenvalue weighted by atomic mass is 10.1. The van der Waals surface area contributed by atoms with E-state index in [0.29, 0.717) is 12.2 Å². The van der Waals surface area contributed by atoms with Gasteiger partial charge in [0.1, 0.15) is 5.75 Å². The molecule has 1 aliphatic rings. The Morgan fingerprint density at radius 3 is 2.35 bits per heavy atom. The maximum absolute atomic E-state index is 9.29. The Morgan fingerprint density at radius 2 is 1.65 bits per heavy atom. The van der Waals surface area contributed by atoms with Crippen molar-refractivity contribution >= 4 is 5.76 Å². The molecule has 0 amide bonds. The van der Waals surface area contributed by atoms with Gasteiger partial charge in [-0.15, -0.1) is 0 Å². The third kappa shape index (κ3) is 2.54. The van der Waals surface area contributed by atoms with E-state index in [4.69, 9.17) is 15.2 Å². The zero-order chi connectivity index (χ0) is 13.9. The Kier molecular flexibility index (Phi) is 3.21. The standard InChI is InChI=1S/C16H15NO3/c17-16-15(12-6-8-13(18)9-7-12)19-14(20-16)10-11-4-2-1-3-5-11/h1-9,14,18H,10,17H2. The molecule has 0 fully saturated rings. The lowest BCUT2D eigenvalue weighted by molar-refractivity contribution is -0.0241. The number of hydrogen-bond acceptors (Lipinski definition) is 4. The molecule has 1 unspecified atom stereocenters. The fourth-order valence-corrected chi connectivity index (χ4v) is 2.12. The molecule has 4 heteroatoms. The molecular weight excluding hydrogens is 254 g/mol. The van der Waals surface area contributed by atoms with Crippen molar-refractivity contribution in [2.45, 2.75) is 12.7 Å². The highest BCUT2D eigenvalue weighted by atomic mass is 16.7. The molecule has 0 saturated carbocycles. The predicted octanol–water partition coefficient (Wildman–Crippen LogP) is 2.59. The molecule has 2 aromatic carbocycles. The van der Waals surface area contributed by atoms with E-state index in [2.05, 4.69) is 0 Å². The molecule has 1 heterocycles. The van der Waals surface area contributed by atoms with Crippen LogP contribution >= 0.6 is 0 Å². The third-order valence-electron chi connectivity index (χ3n) is 3.11. The van der Waals surface area contributed by atoms with Gasteiger partial charge in [0.15, 0.2) is 5.76 Å². The molecule has 0 radical (unpaired) electrons. The monoisotopic (exact) mass is 269 g/mol. The second kappa shape index (κ2) is 5.17. The van der Waals surface area contributed by atoms with E-state index in [9.17, 15) is 5.11 Å². The number of ether oxygens (including phenoxy) is 2. The first-order valence-corrected chi connectivity index (χ1v) is 6.39. The smallest absolute Gasteiger partial charge is 0.247 e. The molecule has 2 aromatic rings. The maximum Gasteiger partial charge on any atom is 0.247 e. The van der Waals surface area contributed by atoms with Crippen LogP contribution in [0.2, 0.25) is 0 Å². The van der Waals surface area contributed by atoms with E-state index >= 15 is 0 Å². The Bertz CT molecular complexity index is 620. The van der Waals surface area contributed by atoms with Crippen molar-refractivity contribution in [2.75, 3.05) is 0 Å². The number of rotatable bonds is 3. The van der Waals surface area contributed by atoms with Gasteiger partial charge in [-0.2, -0.15) is 0 Å². The average Bonchev–Trinajstić information content (AvgIpc) is 2.81. The fourth-order valence-electron chi connectivity index (χ4n) is 2.12. The Labute approximate surface area is 117 Å². The molecule has 1 aliphatic heterocycles. The summed E-state index contributed by atoms with van der Waals surface area (Å²) in [4.78, 5) is 0. The average molecular weight is 269 g/mol. The normalized spacial score (nSPS) is 17.7. The Morgan fingerprint density at radius 1 is 0.950 bits per heavy atom. The number of phenols is 1. The lowest BCUT2D eigenvalue weighted by Crippen LogP contribution is -2.13. The van der Waals surface area contributed by atoms with Crippen molar-refractivity contribution in [1.82, 2.24) is 0 Å². The van der Waals surface area contributed by atoms with E-state index in [1.54, 1.807) is 24.3 Å². The van der Waals surface area contributed by atoms with Gasteiger partial charge in [0.05, 0.1) is 0 Å². The van der Waals surface area contributed by atoms with Crippen molar-refractivity contribution < 1.29 is 14.6 Å². The zero-order valence-electron chi connectivity index (χ0n) is 10.8. The number of nitrogens with two attached hydrogens (primary N) is 1. The van der Waals surface area contributed by atoms with Gasteiger partial charge in [-0.25, -0.2) is 0 Å². The molecule has 3 rings (SSSR count). The van der Waals surface area contributed by atoms with Gasteiger partial charge in [0.25, 0.3) is 0 Å². The van der Waals surface area contributed by atoms with E-state index in [1.165, 1.54) is 0 Å². The van der Waals surface area contributed by atoms with Crippen LogP contribution in [0.4, 0.5) is 0 Å². The minimum absolute atomic E-state index is 0.202. The SMILES string of the molecule is NC1=C(c2ccc(O)cc2)OC(Cc2ccccc2)O1. The van der Waals surface area contributed by atoms with Crippen molar-refractivity contribution in [3.05, 3.63) is 71.6 Å². The third-order valence-corrected chi connectivity index (χ3v) is 3.11. The zero-order valence-corrected chi connectivity index (χ0v) is 10.8. The molecule has 0 spiro atoms. The van der Waals surface area contributed by atoms with Crippen LogP contribution in [0.25, 0.3) is 5.76 Å². The van der Waals surface area contributed by atoms with Crippen LogP contribution in [0.5, 0.6) is 5.75 Å². The first-order valence-electron chi connectivity index (χ1n) is 6.39. The fraction of sp³-hybridized carbons (Fsp3) is 0.125. The van der Waals surface area contributed by atoms with E-state index in [-0.39, 0.29) is 11.6 Å². The summed E-state index contributed by atoms with van der Waals surface area (Å²) in [7, 11) is 0. The molecule has 0 bridgehead atoms. The molecular formula is C16H15NO3. The summed E-state index contributed by atoms with van der Waals surface area (Å²) in [5.41, 5.74) is 7.77. The highest BCUT2D eigenvalue weighted by Gasteiger charge is 2.26. The van der Waals surface area contributed by atoms with E-state index in [1.807, 2.05) is 30.3 Å². The number of benzene rings is 2. The summed E-state index contributed by atoms with van der Waals surface area (Å²) in [5, 5.41) is 9.29. The lowest BCUT2D eigenvalue weighted by Gasteiger charge is -2.11. The van der Waals surface area contributed by atoms with Gasteiger partial charge in [0.2, 0.25) is 12.2 Å². The van der Waals surface area contributed by atoms with Crippen LogP contribution in [0, 0.1) is 0 Å².